The normalized spacial score (nSPS) is 21.3. The minimum Gasteiger partial charge on any atom is -0.492 e. The zero-order valence-electron chi connectivity index (χ0n) is 7.21. The smallest absolute Gasteiger partial charge is 0.122 e. The lowest BCUT2D eigenvalue weighted by Gasteiger charge is -2.22. The Morgan fingerprint density at radius 2 is 2.33 bits per heavy atom. The van der Waals surface area contributed by atoms with Crippen LogP contribution in [-0.2, 0) is 6.42 Å². The number of nitrogens with two attached hydrogens (primary N) is 1. The van der Waals surface area contributed by atoms with Crippen LogP contribution in [0.3, 0.4) is 0 Å². The van der Waals surface area contributed by atoms with Crippen molar-refractivity contribution in [3.05, 3.63) is 29.3 Å². The van der Waals surface area contributed by atoms with Crippen LogP contribution in [0.4, 0.5) is 0 Å². The zero-order valence-corrected chi connectivity index (χ0v) is 7.21. The molecular weight excluding hydrogens is 150 g/mol. The van der Waals surface area contributed by atoms with Crippen molar-refractivity contribution in [1.82, 2.24) is 0 Å². The third-order valence-corrected chi connectivity index (χ3v) is 2.15. The Bertz CT molecular complexity index is 296. The van der Waals surface area contributed by atoms with Crippen molar-refractivity contribution in [3.63, 3.8) is 0 Å². The van der Waals surface area contributed by atoms with Gasteiger partial charge in [-0.25, -0.2) is 0 Å². The Labute approximate surface area is 72.3 Å². The van der Waals surface area contributed by atoms with E-state index in [0.717, 1.165) is 12.2 Å². The first kappa shape index (κ1) is 7.62. The molecule has 0 radical (unpaired) electrons. The number of hydrogen-bond donors (Lipinski definition) is 1. The molecule has 12 heavy (non-hydrogen) atoms. The van der Waals surface area contributed by atoms with E-state index in [1.54, 1.807) is 0 Å². The van der Waals surface area contributed by atoms with E-state index in [4.69, 9.17) is 10.5 Å². The first-order valence-corrected chi connectivity index (χ1v) is 4.23. The quantitative estimate of drug-likeness (QED) is 0.625. The van der Waals surface area contributed by atoms with Gasteiger partial charge in [-0.1, -0.05) is 17.7 Å². The topological polar surface area (TPSA) is 35.2 Å². The van der Waals surface area contributed by atoms with Gasteiger partial charge in [0.15, 0.2) is 0 Å². The molecule has 1 atom stereocenters. The van der Waals surface area contributed by atoms with E-state index >= 15 is 0 Å². The average Bonchev–Trinajstić information content (AvgIpc) is 2.03. The third-order valence-electron chi connectivity index (χ3n) is 2.15. The van der Waals surface area contributed by atoms with Gasteiger partial charge in [0.1, 0.15) is 12.4 Å². The number of ether oxygens (including phenoxy) is 1. The van der Waals surface area contributed by atoms with Crippen LogP contribution in [0.2, 0.25) is 0 Å². The summed E-state index contributed by atoms with van der Waals surface area (Å²) in [6, 6.07) is 6.40. The molecule has 1 aromatic carbocycles. The fourth-order valence-electron chi connectivity index (χ4n) is 1.55. The van der Waals surface area contributed by atoms with Crippen molar-refractivity contribution in [2.75, 3.05) is 6.61 Å². The second-order valence-corrected chi connectivity index (χ2v) is 3.39. The van der Waals surface area contributed by atoms with Crippen LogP contribution in [0.15, 0.2) is 18.2 Å². The summed E-state index contributed by atoms with van der Waals surface area (Å²) < 4.78 is 5.47. The summed E-state index contributed by atoms with van der Waals surface area (Å²) in [7, 11) is 0. The largest absolute Gasteiger partial charge is 0.492 e. The van der Waals surface area contributed by atoms with Crippen molar-refractivity contribution < 1.29 is 4.74 Å². The summed E-state index contributed by atoms with van der Waals surface area (Å²) in [6.45, 7) is 2.73. The Kier molecular flexibility index (Phi) is 1.77. The molecule has 0 spiro atoms. The van der Waals surface area contributed by atoms with Crippen molar-refractivity contribution in [2.45, 2.75) is 19.4 Å². The Morgan fingerprint density at radius 1 is 1.50 bits per heavy atom. The molecular formula is C10H13NO. The van der Waals surface area contributed by atoms with E-state index in [9.17, 15) is 0 Å². The summed E-state index contributed by atoms with van der Waals surface area (Å²) in [5.41, 5.74) is 8.29. The predicted octanol–water partition coefficient (Wildman–Crippen LogP) is 1.26. The highest BCUT2D eigenvalue weighted by molar-refractivity contribution is 5.38. The van der Waals surface area contributed by atoms with Crippen molar-refractivity contribution in [1.29, 1.82) is 0 Å². The van der Waals surface area contributed by atoms with Crippen molar-refractivity contribution in [2.24, 2.45) is 5.73 Å². The second-order valence-electron chi connectivity index (χ2n) is 3.39. The van der Waals surface area contributed by atoms with Gasteiger partial charge in [0.2, 0.25) is 0 Å². The molecule has 0 bridgehead atoms. The molecule has 0 fully saturated rings. The van der Waals surface area contributed by atoms with E-state index in [0.29, 0.717) is 6.61 Å². The number of aryl methyl sites for hydroxylation is 1. The Hall–Kier alpha value is -1.02. The molecule has 2 nitrogen and oxygen atoms in total. The lowest BCUT2D eigenvalue weighted by Crippen LogP contribution is -2.33. The average molecular weight is 163 g/mol. The molecule has 0 saturated carbocycles. The molecule has 1 aromatic rings. The number of rotatable bonds is 0. The summed E-state index contributed by atoms with van der Waals surface area (Å²) in [4.78, 5) is 0. The van der Waals surface area contributed by atoms with Gasteiger partial charge >= 0.3 is 0 Å². The van der Waals surface area contributed by atoms with E-state index in [1.165, 1.54) is 11.1 Å². The number of fused-ring (bicyclic) bond motifs is 1. The second kappa shape index (κ2) is 2.79. The van der Waals surface area contributed by atoms with Crippen molar-refractivity contribution in [3.8, 4) is 5.75 Å². The third kappa shape index (κ3) is 1.30. The number of benzene rings is 1. The molecule has 64 valence electrons. The predicted molar refractivity (Wildman–Crippen MR) is 48.4 cm³/mol. The molecule has 2 N–H and O–H groups in total. The molecule has 1 heterocycles. The van der Waals surface area contributed by atoms with Crippen LogP contribution in [0.25, 0.3) is 0 Å². The summed E-state index contributed by atoms with van der Waals surface area (Å²) >= 11 is 0. The molecule has 0 saturated heterocycles. The lowest BCUT2D eigenvalue weighted by molar-refractivity contribution is 0.263. The first-order valence-electron chi connectivity index (χ1n) is 4.23. The molecule has 0 aromatic heterocycles. The van der Waals surface area contributed by atoms with Gasteiger partial charge in [-0.15, -0.1) is 0 Å². The van der Waals surface area contributed by atoms with E-state index in [-0.39, 0.29) is 6.04 Å². The molecule has 0 unspecified atom stereocenters. The molecule has 1 aliphatic rings. The summed E-state index contributed by atoms with van der Waals surface area (Å²) in [5, 5.41) is 0. The summed E-state index contributed by atoms with van der Waals surface area (Å²) in [5.74, 6) is 1.00. The molecule has 2 heteroatoms. The van der Waals surface area contributed by atoms with Crippen LogP contribution in [0, 0.1) is 6.92 Å². The van der Waals surface area contributed by atoms with Gasteiger partial charge in [-0.3, -0.25) is 0 Å². The maximum absolute atomic E-state index is 5.77. The van der Waals surface area contributed by atoms with Gasteiger partial charge in [-0.2, -0.15) is 0 Å². The van der Waals surface area contributed by atoms with Crippen LogP contribution in [-0.4, -0.2) is 12.6 Å². The SMILES string of the molecule is Cc1ccc2c(c1)C[C@H](N)CO2. The summed E-state index contributed by atoms with van der Waals surface area (Å²) in [6.07, 6.45) is 0.941. The maximum atomic E-state index is 5.77. The van der Waals surface area contributed by atoms with Gasteiger partial charge in [0, 0.05) is 6.04 Å². The van der Waals surface area contributed by atoms with E-state index in [2.05, 4.69) is 19.1 Å². The highest BCUT2D eigenvalue weighted by Gasteiger charge is 2.15. The van der Waals surface area contributed by atoms with Crippen LogP contribution in [0.5, 0.6) is 5.75 Å². The van der Waals surface area contributed by atoms with Gasteiger partial charge in [0.05, 0.1) is 0 Å². The van der Waals surface area contributed by atoms with Crippen LogP contribution >= 0.6 is 0 Å². The molecule has 1 aliphatic heterocycles. The Morgan fingerprint density at radius 3 is 3.17 bits per heavy atom. The van der Waals surface area contributed by atoms with E-state index < -0.39 is 0 Å². The highest BCUT2D eigenvalue weighted by atomic mass is 16.5. The lowest BCUT2D eigenvalue weighted by atomic mass is 10.0. The highest BCUT2D eigenvalue weighted by Crippen LogP contribution is 2.24. The van der Waals surface area contributed by atoms with Crippen molar-refractivity contribution >= 4 is 0 Å². The fourth-order valence-corrected chi connectivity index (χ4v) is 1.55. The number of hydrogen-bond acceptors (Lipinski definition) is 2. The van der Waals surface area contributed by atoms with Gasteiger partial charge in [0.25, 0.3) is 0 Å². The monoisotopic (exact) mass is 163 g/mol. The first-order chi connectivity index (χ1) is 5.75. The van der Waals surface area contributed by atoms with Crippen LogP contribution < -0.4 is 10.5 Å². The molecule has 0 amide bonds. The fraction of sp³-hybridized carbons (Fsp3) is 0.400. The minimum atomic E-state index is 0.166. The standard InChI is InChI=1S/C10H13NO/c1-7-2-3-10-8(4-7)5-9(11)6-12-10/h2-4,9H,5-6,11H2,1H3/t9-/m0/s1. The maximum Gasteiger partial charge on any atom is 0.122 e. The Balaban J connectivity index is 2.37. The minimum absolute atomic E-state index is 0.166. The van der Waals surface area contributed by atoms with Gasteiger partial charge < -0.3 is 10.5 Å². The van der Waals surface area contributed by atoms with E-state index in [1.807, 2.05) is 6.07 Å². The zero-order chi connectivity index (χ0) is 8.55. The van der Waals surface area contributed by atoms with Crippen LogP contribution in [0.1, 0.15) is 11.1 Å². The molecule has 0 aliphatic carbocycles. The molecule has 2 rings (SSSR count). The van der Waals surface area contributed by atoms with Gasteiger partial charge in [-0.05, 0) is 25.0 Å².